The quantitative estimate of drug-likeness (QED) is 0.635. The number of benzene rings is 2. The lowest BCUT2D eigenvalue weighted by Gasteiger charge is -2.12. The molecular weight excluding hydrogens is 276 g/mol. The van der Waals surface area contributed by atoms with Crippen LogP contribution in [0.2, 0.25) is 5.02 Å². The molecule has 102 valence electrons. The van der Waals surface area contributed by atoms with Crippen molar-refractivity contribution in [1.82, 2.24) is 0 Å². The molecule has 0 aromatic heterocycles. The van der Waals surface area contributed by atoms with Gasteiger partial charge in [0.2, 0.25) is 5.78 Å². The number of Topliss-reactive ketones (excluding diaryl/α,β-unsaturated/α-hetero) is 1. The summed E-state index contributed by atoms with van der Waals surface area (Å²) in [6.07, 6.45) is -0.844. The van der Waals surface area contributed by atoms with Crippen LogP contribution in [0.3, 0.4) is 0 Å². The van der Waals surface area contributed by atoms with Crippen LogP contribution in [0.4, 0.5) is 0 Å². The van der Waals surface area contributed by atoms with Gasteiger partial charge in [-0.2, -0.15) is 0 Å². The Kier molecular flexibility index (Phi) is 4.53. The van der Waals surface area contributed by atoms with E-state index in [1.54, 1.807) is 49.4 Å². The SMILES string of the molecule is C[C@H](OC(=O)c1cccc(Cl)c1)C(=O)c1ccccc1. The van der Waals surface area contributed by atoms with Crippen molar-refractivity contribution >= 4 is 23.4 Å². The summed E-state index contributed by atoms with van der Waals surface area (Å²) in [6.45, 7) is 1.55. The predicted octanol–water partition coefficient (Wildman–Crippen LogP) is 3.77. The molecule has 2 aromatic rings. The van der Waals surface area contributed by atoms with Gasteiger partial charge in [-0.3, -0.25) is 4.79 Å². The van der Waals surface area contributed by atoms with Crippen LogP contribution in [-0.2, 0) is 4.74 Å². The number of ether oxygens (including phenoxy) is 1. The van der Waals surface area contributed by atoms with E-state index in [4.69, 9.17) is 16.3 Å². The van der Waals surface area contributed by atoms with Crippen molar-refractivity contribution in [3.8, 4) is 0 Å². The topological polar surface area (TPSA) is 43.4 Å². The fourth-order valence-corrected chi connectivity index (χ4v) is 1.92. The molecule has 0 aliphatic heterocycles. The van der Waals surface area contributed by atoms with Crippen LogP contribution in [-0.4, -0.2) is 17.9 Å². The number of carbonyl (C=O) groups excluding carboxylic acids is 2. The fraction of sp³-hybridized carbons (Fsp3) is 0.125. The van der Waals surface area contributed by atoms with Crippen LogP contribution in [0.25, 0.3) is 0 Å². The summed E-state index contributed by atoms with van der Waals surface area (Å²) < 4.78 is 5.16. The molecule has 1 atom stereocenters. The highest BCUT2D eigenvalue weighted by Crippen LogP contribution is 2.13. The van der Waals surface area contributed by atoms with Crippen molar-refractivity contribution in [2.24, 2.45) is 0 Å². The number of ketones is 1. The van der Waals surface area contributed by atoms with E-state index >= 15 is 0 Å². The van der Waals surface area contributed by atoms with Crippen molar-refractivity contribution in [3.05, 3.63) is 70.7 Å². The monoisotopic (exact) mass is 288 g/mol. The van der Waals surface area contributed by atoms with Gasteiger partial charge in [0, 0.05) is 10.6 Å². The second kappa shape index (κ2) is 6.35. The van der Waals surface area contributed by atoms with Crippen molar-refractivity contribution in [2.75, 3.05) is 0 Å². The van der Waals surface area contributed by atoms with E-state index in [2.05, 4.69) is 0 Å². The van der Waals surface area contributed by atoms with Gasteiger partial charge in [0.15, 0.2) is 6.10 Å². The van der Waals surface area contributed by atoms with Gasteiger partial charge in [-0.15, -0.1) is 0 Å². The minimum Gasteiger partial charge on any atom is -0.451 e. The molecular formula is C16H13ClO3. The van der Waals surface area contributed by atoms with Crippen LogP contribution >= 0.6 is 11.6 Å². The summed E-state index contributed by atoms with van der Waals surface area (Å²) in [4.78, 5) is 24.0. The molecule has 0 aliphatic carbocycles. The standard InChI is InChI=1S/C16H13ClO3/c1-11(15(18)12-6-3-2-4-7-12)20-16(19)13-8-5-9-14(17)10-13/h2-11H,1H3/t11-/m0/s1. The lowest BCUT2D eigenvalue weighted by Crippen LogP contribution is -2.24. The van der Waals surface area contributed by atoms with Gasteiger partial charge in [0.1, 0.15) is 0 Å². The molecule has 0 fully saturated rings. The normalized spacial score (nSPS) is 11.7. The molecule has 0 N–H and O–H groups in total. The number of hydrogen-bond acceptors (Lipinski definition) is 3. The molecule has 0 aliphatic rings. The van der Waals surface area contributed by atoms with E-state index < -0.39 is 12.1 Å². The van der Waals surface area contributed by atoms with Crippen molar-refractivity contribution < 1.29 is 14.3 Å². The Bertz CT molecular complexity index is 623. The Labute approximate surface area is 122 Å². The minimum atomic E-state index is -0.844. The molecule has 3 nitrogen and oxygen atoms in total. The molecule has 0 spiro atoms. The van der Waals surface area contributed by atoms with E-state index in [-0.39, 0.29) is 5.78 Å². The minimum absolute atomic E-state index is 0.235. The number of hydrogen-bond donors (Lipinski definition) is 0. The highest BCUT2D eigenvalue weighted by atomic mass is 35.5. The maximum Gasteiger partial charge on any atom is 0.338 e. The van der Waals surface area contributed by atoms with E-state index in [1.165, 1.54) is 6.07 Å². The maximum atomic E-state index is 12.1. The summed E-state index contributed by atoms with van der Waals surface area (Å²) in [5, 5.41) is 0.446. The van der Waals surface area contributed by atoms with Gasteiger partial charge in [-0.25, -0.2) is 4.79 Å². The summed E-state index contributed by atoms with van der Waals surface area (Å²) >= 11 is 5.81. The van der Waals surface area contributed by atoms with Crippen LogP contribution in [0.5, 0.6) is 0 Å². The Hall–Kier alpha value is -2.13. The largest absolute Gasteiger partial charge is 0.451 e. The van der Waals surface area contributed by atoms with Gasteiger partial charge in [-0.05, 0) is 25.1 Å². The molecule has 0 bridgehead atoms. The molecule has 4 heteroatoms. The van der Waals surface area contributed by atoms with Crippen LogP contribution in [0, 0.1) is 0 Å². The molecule has 0 saturated heterocycles. The fourth-order valence-electron chi connectivity index (χ4n) is 1.73. The summed E-state index contributed by atoms with van der Waals surface area (Å²) in [6, 6.07) is 15.1. The number of carbonyl (C=O) groups is 2. The molecule has 0 amide bonds. The molecule has 2 rings (SSSR count). The Morgan fingerprint density at radius 1 is 1.00 bits per heavy atom. The maximum absolute atomic E-state index is 12.1. The summed E-state index contributed by atoms with van der Waals surface area (Å²) in [5.74, 6) is -0.801. The number of esters is 1. The van der Waals surface area contributed by atoms with Crippen molar-refractivity contribution in [1.29, 1.82) is 0 Å². The second-order valence-corrected chi connectivity index (χ2v) is 4.72. The van der Waals surface area contributed by atoms with Gasteiger partial charge >= 0.3 is 5.97 Å². The zero-order chi connectivity index (χ0) is 14.5. The lowest BCUT2D eigenvalue weighted by molar-refractivity contribution is 0.0319. The van der Waals surface area contributed by atoms with Gasteiger partial charge in [-0.1, -0.05) is 48.0 Å². The van der Waals surface area contributed by atoms with Gasteiger partial charge in [0.25, 0.3) is 0 Å². The number of halogens is 1. The van der Waals surface area contributed by atoms with E-state index in [9.17, 15) is 9.59 Å². The van der Waals surface area contributed by atoms with E-state index in [0.717, 1.165) is 0 Å². The smallest absolute Gasteiger partial charge is 0.338 e. The third kappa shape index (κ3) is 3.45. The first-order valence-electron chi connectivity index (χ1n) is 6.14. The molecule has 0 saturated carbocycles. The summed E-state index contributed by atoms with van der Waals surface area (Å²) in [5.41, 5.74) is 0.837. The molecule has 2 aromatic carbocycles. The first-order valence-corrected chi connectivity index (χ1v) is 6.51. The average molecular weight is 289 g/mol. The van der Waals surface area contributed by atoms with E-state index in [1.807, 2.05) is 6.07 Å². The molecule has 0 unspecified atom stereocenters. The Morgan fingerprint density at radius 2 is 1.65 bits per heavy atom. The van der Waals surface area contributed by atoms with Gasteiger partial charge < -0.3 is 4.74 Å². The Morgan fingerprint density at radius 3 is 2.30 bits per heavy atom. The van der Waals surface area contributed by atoms with E-state index in [0.29, 0.717) is 16.1 Å². The third-order valence-corrected chi connectivity index (χ3v) is 3.01. The van der Waals surface area contributed by atoms with Gasteiger partial charge in [0.05, 0.1) is 5.56 Å². The van der Waals surface area contributed by atoms with Crippen molar-refractivity contribution in [3.63, 3.8) is 0 Å². The number of rotatable bonds is 4. The third-order valence-electron chi connectivity index (χ3n) is 2.77. The zero-order valence-electron chi connectivity index (χ0n) is 10.9. The highest BCUT2D eigenvalue weighted by Gasteiger charge is 2.20. The van der Waals surface area contributed by atoms with Crippen LogP contribution in [0.15, 0.2) is 54.6 Å². The molecule has 0 radical (unpaired) electrons. The summed E-state index contributed by atoms with van der Waals surface area (Å²) in [7, 11) is 0. The molecule has 0 heterocycles. The zero-order valence-corrected chi connectivity index (χ0v) is 11.6. The van der Waals surface area contributed by atoms with Crippen LogP contribution < -0.4 is 0 Å². The van der Waals surface area contributed by atoms with Crippen LogP contribution in [0.1, 0.15) is 27.6 Å². The second-order valence-electron chi connectivity index (χ2n) is 4.29. The predicted molar refractivity (Wildman–Crippen MR) is 77.1 cm³/mol. The first-order chi connectivity index (χ1) is 9.58. The highest BCUT2D eigenvalue weighted by molar-refractivity contribution is 6.30. The molecule has 20 heavy (non-hydrogen) atoms. The Balaban J connectivity index is 2.06. The average Bonchev–Trinajstić information content (AvgIpc) is 2.47. The first kappa shape index (κ1) is 14.3. The van der Waals surface area contributed by atoms with Crippen molar-refractivity contribution in [2.45, 2.75) is 13.0 Å². The lowest BCUT2D eigenvalue weighted by atomic mass is 10.1.